The minimum absolute atomic E-state index is 0.624. The maximum atomic E-state index is 3.47. The smallest absolute Gasteiger partial charge is 0.0457 e. The third-order valence-electron chi connectivity index (χ3n) is 5.06. The minimum atomic E-state index is 0.624. The summed E-state index contributed by atoms with van der Waals surface area (Å²) in [7, 11) is 0. The fourth-order valence-corrected chi connectivity index (χ4v) is 3.75. The van der Waals surface area contributed by atoms with Crippen LogP contribution in [-0.4, -0.2) is 36.1 Å². The van der Waals surface area contributed by atoms with Crippen molar-refractivity contribution in [1.29, 1.82) is 0 Å². The summed E-state index contributed by atoms with van der Waals surface area (Å²) < 4.78 is 0. The fraction of sp³-hybridized carbons (Fsp3) is 0.529. The quantitative estimate of drug-likeness (QED) is 0.897. The highest BCUT2D eigenvalue weighted by Gasteiger charge is 2.33. The Morgan fingerprint density at radius 1 is 1.10 bits per heavy atom. The van der Waals surface area contributed by atoms with Crippen LogP contribution >= 0.6 is 0 Å². The largest absolute Gasteiger partial charge is 0.361 e. The molecule has 0 radical (unpaired) electrons. The van der Waals surface area contributed by atoms with Crippen molar-refractivity contribution < 1.29 is 0 Å². The molecule has 1 atom stereocenters. The lowest BCUT2D eigenvalue weighted by Gasteiger charge is -2.43. The molecule has 2 N–H and O–H groups in total. The Kier molecular flexibility index (Phi) is 3.25. The molecule has 106 valence electrons. The molecule has 2 aliphatic rings. The van der Waals surface area contributed by atoms with E-state index in [1.54, 1.807) is 0 Å². The van der Waals surface area contributed by atoms with E-state index in [-0.39, 0.29) is 0 Å². The minimum Gasteiger partial charge on any atom is -0.361 e. The predicted molar refractivity (Wildman–Crippen MR) is 82.8 cm³/mol. The van der Waals surface area contributed by atoms with Crippen LogP contribution in [0.2, 0.25) is 0 Å². The zero-order valence-electron chi connectivity index (χ0n) is 11.9. The van der Waals surface area contributed by atoms with Gasteiger partial charge in [0, 0.05) is 43.9 Å². The van der Waals surface area contributed by atoms with E-state index in [1.807, 2.05) is 6.20 Å². The zero-order chi connectivity index (χ0) is 13.4. The van der Waals surface area contributed by atoms with Gasteiger partial charge in [0.05, 0.1) is 0 Å². The molecule has 0 spiro atoms. The van der Waals surface area contributed by atoms with E-state index in [1.165, 1.54) is 48.8 Å². The van der Waals surface area contributed by atoms with Gasteiger partial charge in [0.1, 0.15) is 0 Å². The highest BCUT2D eigenvalue weighted by Crippen LogP contribution is 2.42. The molecule has 3 heteroatoms. The SMILES string of the molecule is c1cc2ccc([C@@H](C3CCC3)N3CCNCC3)cc2[nH]1. The van der Waals surface area contributed by atoms with Crippen molar-refractivity contribution in [3.8, 4) is 0 Å². The molecule has 1 aliphatic carbocycles. The number of hydrogen-bond donors (Lipinski definition) is 2. The van der Waals surface area contributed by atoms with Crippen molar-refractivity contribution in [3.05, 3.63) is 36.0 Å². The molecule has 0 unspecified atom stereocenters. The average Bonchev–Trinajstić information content (AvgIpc) is 2.91. The summed E-state index contributed by atoms with van der Waals surface area (Å²) in [4.78, 5) is 6.06. The zero-order valence-corrected chi connectivity index (χ0v) is 11.9. The van der Waals surface area contributed by atoms with Crippen LogP contribution in [0.25, 0.3) is 10.9 Å². The van der Waals surface area contributed by atoms with Crippen LogP contribution in [0.3, 0.4) is 0 Å². The number of nitrogens with zero attached hydrogens (tertiary/aromatic N) is 1. The van der Waals surface area contributed by atoms with Crippen molar-refractivity contribution in [1.82, 2.24) is 15.2 Å². The number of fused-ring (bicyclic) bond motifs is 1. The Bertz CT molecular complexity index is 579. The Morgan fingerprint density at radius 2 is 1.95 bits per heavy atom. The summed E-state index contributed by atoms with van der Waals surface area (Å²) in [5.41, 5.74) is 2.79. The average molecular weight is 269 g/mol. The van der Waals surface area contributed by atoms with Crippen LogP contribution in [0.1, 0.15) is 30.9 Å². The monoisotopic (exact) mass is 269 g/mol. The first kappa shape index (κ1) is 12.4. The van der Waals surface area contributed by atoms with Crippen molar-refractivity contribution in [2.24, 2.45) is 5.92 Å². The molecule has 2 aromatic rings. The third kappa shape index (κ3) is 2.15. The molecule has 2 heterocycles. The van der Waals surface area contributed by atoms with Crippen LogP contribution in [0.5, 0.6) is 0 Å². The highest BCUT2D eigenvalue weighted by molar-refractivity contribution is 5.80. The maximum Gasteiger partial charge on any atom is 0.0457 e. The van der Waals surface area contributed by atoms with E-state index in [4.69, 9.17) is 0 Å². The van der Waals surface area contributed by atoms with Gasteiger partial charge in [-0.3, -0.25) is 4.90 Å². The van der Waals surface area contributed by atoms with Crippen LogP contribution in [0.4, 0.5) is 0 Å². The Balaban J connectivity index is 1.68. The van der Waals surface area contributed by atoms with Crippen molar-refractivity contribution in [2.75, 3.05) is 26.2 Å². The molecule has 0 bridgehead atoms. The molecular formula is C17H23N3. The van der Waals surface area contributed by atoms with Gasteiger partial charge < -0.3 is 10.3 Å². The Hall–Kier alpha value is -1.32. The standard InChI is InChI=1S/C17H23N3/c1-2-14(3-1)17(20-10-8-18-9-11-20)15-5-4-13-6-7-19-16(13)12-15/h4-7,12,14,17-19H,1-3,8-11H2/t17-/m1/s1. The number of benzene rings is 1. The van der Waals surface area contributed by atoms with Gasteiger partial charge in [-0.05, 0) is 41.8 Å². The van der Waals surface area contributed by atoms with Crippen LogP contribution in [0, 0.1) is 5.92 Å². The molecule has 1 aliphatic heterocycles. The molecule has 20 heavy (non-hydrogen) atoms. The summed E-state index contributed by atoms with van der Waals surface area (Å²) in [5, 5.41) is 4.79. The second-order valence-electron chi connectivity index (χ2n) is 6.25. The molecule has 0 amide bonds. The number of aromatic amines is 1. The lowest BCUT2D eigenvalue weighted by molar-refractivity contribution is 0.0838. The van der Waals surface area contributed by atoms with Gasteiger partial charge in [0.15, 0.2) is 0 Å². The van der Waals surface area contributed by atoms with E-state index in [9.17, 15) is 0 Å². The molecule has 2 fully saturated rings. The molecule has 1 saturated heterocycles. The van der Waals surface area contributed by atoms with Gasteiger partial charge in [0.25, 0.3) is 0 Å². The first-order valence-electron chi connectivity index (χ1n) is 7.93. The number of H-pyrrole nitrogens is 1. The van der Waals surface area contributed by atoms with Crippen LogP contribution in [-0.2, 0) is 0 Å². The Morgan fingerprint density at radius 3 is 2.70 bits per heavy atom. The van der Waals surface area contributed by atoms with Crippen LogP contribution in [0.15, 0.2) is 30.5 Å². The van der Waals surface area contributed by atoms with Gasteiger partial charge in [-0.1, -0.05) is 18.6 Å². The van der Waals surface area contributed by atoms with Gasteiger partial charge in [-0.15, -0.1) is 0 Å². The van der Waals surface area contributed by atoms with E-state index in [0.29, 0.717) is 6.04 Å². The third-order valence-corrected chi connectivity index (χ3v) is 5.06. The first-order chi connectivity index (χ1) is 9.92. The summed E-state index contributed by atoms with van der Waals surface area (Å²) >= 11 is 0. The van der Waals surface area contributed by atoms with Crippen molar-refractivity contribution >= 4 is 10.9 Å². The van der Waals surface area contributed by atoms with Gasteiger partial charge in [-0.2, -0.15) is 0 Å². The number of piperazine rings is 1. The second-order valence-corrected chi connectivity index (χ2v) is 6.25. The summed E-state index contributed by atoms with van der Waals surface area (Å²) in [5.74, 6) is 0.862. The molecule has 1 aromatic heterocycles. The molecular weight excluding hydrogens is 246 g/mol. The number of hydrogen-bond acceptors (Lipinski definition) is 2. The van der Waals surface area contributed by atoms with Gasteiger partial charge in [0.2, 0.25) is 0 Å². The summed E-state index contributed by atoms with van der Waals surface area (Å²) in [6, 6.07) is 9.78. The van der Waals surface area contributed by atoms with E-state index >= 15 is 0 Å². The fourth-order valence-electron chi connectivity index (χ4n) is 3.75. The maximum absolute atomic E-state index is 3.47. The highest BCUT2D eigenvalue weighted by atomic mass is 15.2. The van der Waals surface area contributed by atoms with Gasteiger partial charge in [-0.25, -0.2) is 0 Å². The van der Waals surface area contributed by atoms with E-state index in [0.717, 1.165) is 19.0 Å². The number of rotatable bonds is 3. The lowest BCUT2D eigenvalue weighted by Crippen LogP contribution is -2.47. The van der Waals surface area contributed by atoms with Crippen LogP contribution < -0.4 is 5.32 Å². The normalized spacial score (nSPS) is 22.8. The number of nitrogens with one attached hydrogen (secondary N) is 2. The second kappa shape index (κ2) is 5.23. The van der Waals surface area contributed by atoms with E-state index < -0.39 is 0 Å². The Labute approximate surface area is 120 Å². The topological polar surface area (TPSA) is 31.1 Å². The van der Waals surface area contributed by atoms with Crippen molar-refractivity contribution in [3.63, 3.8) is 0 Å². The number of aromatic nitrogens is 1. The summed E-state index contributed by atoms with van der Waals surface area (Å²) in [6.07, 6.45) is 6.25. The molecule has 3 nitrogen and oxygen atoms in total. The molecule has 1 saturated carbocycles. The predicted octanol–water partition coefficient (Wildman–Crippen LogP) is 2.91. The lowest BCUT2D eigenvalue weighted by atomic mass is 9.76. The van der Waals surface area contributed by atoms with E-state index in [2.05, 4.69) is 39.5 Å². The van der Waals surface area contributed by atoms with Gasteiger partial charge >= 0.3 is 0 Å². The molecule has 4 rings (SSSR count). The molecule has 1 aromatic carbocycles. The first-order valence-corrected chi connectivity index (χ1v) is 7.93. The summed E-state index contributed by atoms with van der Waals surface area (Å²) in [6.45, 7) is 4.63. The van der Waals surface area contributed by atoms with Crippen molar-refractivity contribution in [2.45, 2.75) is 25.3 Å².